The van der Waals surface area contributed by atoms with Crippen LogP contribution in [-0.2, 0) is 6.18 Å². The lowest BCUT2D eigenvalue weighted by Gasteiger charge is -2.10. The third kappa shape index (κ3) is 2.71. The average molecular weight is 286 g/mol. The van der Waals surface area contributed by atoms with Gasteiger partial charge in [-0.05, 0) is 31.0 Å². The summed E-state index contributed by atoms with van der Waals surface area (Å²) in [7, 11) is 0. The SMILES string of the molecule is Cc1cc(C)c(-c2cc(=O)[nH]c(C(F)(F)F)n2)c(F)c1. The van der Waals surface area contributed by atoms with Crippen LogP contribution in [0.2, 0.25) is 0 Å². The Hall–Kier alpha value is -2.18. The lowest BCUT2D eigenvalue weighted by Crippen LogP contribution is -2.19. The highest BCUT2D eigenvalue weighted by molar-refractivity contribution is 5.64. The third-order valence-corrected chi connectivity index (χ3v) is 2.70. The standard InChI is InChI=1S/C13H10F4N2O/c1-6-3-7(2)11(8(14)4-6)9-5-10(20)19-12(18-9)13(15,16)17/h3-5H,1-2H3,(H,18,19,20). The van der Waals surface area contributed by atoms with Gasteiger partial charge in [-0.1, -0.05) is 6.07 Å². The Kier molecular flexibility index (Phi) is 3.37. The molecule has 0 saturated heterocycles. The smallest absolute Gasteiger partial charge is 0.303 e. The Balaban J connectivity index is 2.71. The fourth-order valence-electron chi connectivity index (χ4n) is 1.96. The zero-order valence-corrected chi connectivity index (χ0v) is 10.6. The number of rotatable bonds is 1. The molecule has 0 spiro atoms. The minimum atomic E-state index is -4.80. The van der Waals surface area contributed by atoms with Gasteiger partial charge in [-0.2, -0.15) is 13.2 Å². The van der Waals surface area contributed by atoms with E-state index in [-0.39, 0.29) is 11.3 Å². The van der Waals surface area contributed by atoms with Crippen LogP contribution in [0.4, 0.5) is 17.6 Å². The molecule has 2 aromatic rings. The van der Waals surface area contributed by atoms with Gasteiger partial charge in [0.15, 0.2) is 0 Å². The number of nitrogens with one attached hydrogen (secondary N) is 1. The molecule has 7 heteroatoms. The molecule has 0 unspecified atom stereocenters. The summed E-state index contributed by atoms with van der Waals surface area (Å²) in [6.07, 6.45) is -4.80. The molecule has 106 valence electrons. The molecule has 1 aromatic heterocycles. The first kappa shape index (κ1) is 14.2. The minimum Gasteiger partial charge on any atom is -0.303 e. The number of aromatic nitrogens is 2. The Morgan fingerprint density at radius 1 is 1.15 bits per heavy atom. The molecule has 0 aliphatic rings. The van der Waals surface area contributed by atoms with Crippen molar-refractivity contribution >= 4 is 0 Å². The molecule has 0 aliphatic carbocycles. The van der Waals surface area contributed by atoms with Gasteiger partial charge >= 0.3 is 6.18 Å². The van der Waals surface area contributed by atoms with Crippen molar-refractivity contribution in [1.29, 1.82) is 0 Å². The Morgan fingerprint density at radius 2 is 1.80 bits per heavy atom. The maximum absolute atomic E-state index is 13.9. The second-order valence-electron chi connectivity index (χ2n) is 4.42. The topological polar surface area (TPSA) is 45.8 Å². The van der Waals surface area contributed by atoms with Crippen molar-refractivity contribution in [2.75, 3.05) is 0 Å². The number of nitrogens with zero attached hydrogens (tertiary/aromatic N) is 1. The van der Waals surface area contributed by atoms with E-state index in [9.17, 15) is 22.4 Å². The molecule has 0 amide bonds. The summed E-state index contributed by atoms with van der Waals surface area (Å²) in [6, 6.07) is 3.63. The normalized spacial score (nSPS) is 11.7. The van der Waals surface area contributed by atoms with E-state index in [2.05, 4.69) is 4.98 Å². The van der Waals surface area contributed by atoms with Crippen LogP contribution in [0.25, 0.3) is 11.3 Å². The summed E-state index contributed by atoms with van der Waals surface area (Å²) < 4.78 is 51.7. The Labute approximate surface area is 111 Å². The maximum Gasteiger partial charge on any atom is 0.449 e. The van der Waals surface area contributed by atoms with Crippen LogP contribution in [0.3, 0.4) is 0 Å². The van der Waals surface area contributed by atoms with Crippen LogP contribution in [-0.4, -0.2) is 9.97 Å². The molecule has 0 fully saturated rings. The van der Waals surface area contributed by atoms with Crippen molar-refractivity contribution in [3.05, 3.63) is 51.3 Å². The van der Waals surface area contributed by atoms with Gasteiger partial charge in [0.1, 0.15) is 5.82 Å². The quantitative estimate of drug-likeness (QED) is 0.818. The predicted molar refractivity (Wildman–Crippen MR) is 64.7 cm³/mol. The highest BCUT2D eigenvalue weighted by Gasteiger charge is 2.34. The van der Waals surface area contributed by atoms with E-state index in [4.69, 9.17) is 0 Å². The summed E-state index contributed by atoms with van der Waals surface area (Å²) in [5, 5.41) is 0. The molecule has 0 aliphatic heterocycles. The van der Waals surface area contributed by atoms with Crippen molar-refractivity contribution in [3.63, 3.8) is 0 Å². The zero-order valence-electron chi connectivity index (χ0n) is 10.6. The van der Waals surface area contributed by atoms with Crippen molar-refractivity contribution in [2.24, 2.45) is 0 Å². The fraction of sp³-hybridized carbons (Fsp3) is 0.231. The van der Waals surface area contributed by atoms with E-state index in [0.717, 1.165) is 6.07 Å². The Morgan fingerprint density at radius 3 is 2.35 bits per heavy atom. The van der Waals surface area contributed by atoms with Crippen LogP contribution in [0.1, 0.15) is 17.0 Å². The number of alkyl halides is 3. The highest BCUT2D eigenvalue weighted by Crippen LogP contribution is 2.29. The average Bonchev–Trinajstić information content (AvgIpc) is 2.25. The summed E-state index contributed by atoms with van der Waals surface area (Å²) >= 11 is 0. The number of hydrogen-bond acceptors (Lipinski definition) is 2. The second kappa shape index (κ2) is 4.73. The second-order valence-corrected chi connectivity index (χ2v) is 4.42. The van der Waals surface area contributed by atoms with Crippen molar-refractivity contribution in [2.45, 2.75) is 20.0 Å². The fourth-order valence-corrected chi connectivity index (χ4v) is 1.96. The van der Waals surface area contributed by atoms with Crippen molar-refractivity contribution < 1.29 is 17.6 Å². The van der Waals surface area contributed by atoms with E-state index in [1.165, 1.54) is 6.07 Å². The van der Waals surface area contributed by atoms with Crippen molar-refractivity contribution in [1.82, 2.24) is 9.97 Å². The minimum absolute atomic E-state index is 0.104. The van der Waals surface area contributed by atoms with E-state index in [1.807, 2.05) is 0 Å². The molecule has 1 heterocycles. The van der Waals surface area contributed by atoms with E-state index in [0.29, 0.717) is 11.1 Å². The van der Waals surface area contributed by atoms with Gasteiger partial charge in [-0.15, -0.1) is 0 Å². The lowest BCUT2D eigenvalue weighted by molar-refractivity contribution is -0.145. The predicted octanol–water partition coefficient (Wildman–Crippen LogP) is 3.21. The number of hydrogen-bond donors (Lipinski definition) is 1. The summed E-state index contributed by atoms with van der Waals surface area (Å²) in [6.45, 7) is 3.20. The number of aryl methyl sites for hydroxylation is 2. The summed E-state index contributed by atoms with van der Waals surface area (Å²) in [5.41, 5.74) is -0.386. The van der Waals surface area contributed by atoms with Crippen LogP contribution in [0, 0.1) is 19.7 Å². The Bertz CT molecular complexity index is 696. The largest absolute Gasteiger partial charge is 0.449 e. The molecule has 3 nitrogen and oxygen atoms in total. The van der Waals surface area contributed by atoms with Crippen molar-refractivity contribution in [3.8, 4) is 11.3 Å². The first-order valence-corrected chi connectivity index (χ1v) is 5.64. The van der Waals surface area contributed by atoms with Crippen LogP contribution in [0.15, 0.2) is 23.0 Å². The number of aromatic amines is 1. The molecular weight excluding hydrogens is 276 g/mol. The number of H-pyrrole nitrogens is 1. The van der Waals surface area contributed by atoms with E-state index >= 15 is 0 Å². The van der Waals surface area contributed by atoms with Gasteiger partial charge in [0, 0.05) is 11.6 Å². The molecule has 0 radical (unpaired) electrons. The first-order valence-electron chi connectivity index (χ1n) is 5.64. The molecule has 0 bridgehead atoms. The van der Waals surface area contributed by atoms with Gasteiger partial charge in [-0.3, -0.25) is 4.79 Å². The van der Waals surface area contributed by atoms with E-state index < -0.39 is 23.4 Å². The molecule has 1 aromatic carbocycles. The number of halogens is 4. The van der Waals surface area contributed by atoms with Gasteiger partial charge in [0.2, 0.25) is 5.82 Å². The van der Waals surface area contributed by atoms with Gasteiger partial charge in [0.25, 0.3) is 5.56 Å². The van der Waals surface area contributed by atoms with E-state index in [1.54, 1.807) is 24.9 Å². The monoisotopic (exact) mass is 286 g/mol. The van der Waals surface area contributed by atoms with Gasteiger partial charge in [0.05, 0.1) is 5.69 Å². The molecule has 0 saturated carbocycles. The molecule has 1 N–H and O–H groups in total. The zero-order chi connectivity index (χ0) is 15.1. The van der Waals surface area contributed by atoms with Crippen LogP contribution in [0.5, 0.6) is 0 Å². The van der Waals surface area contributed by atoms with Gasteiger partial charge < -0.3 is 4.98 Å². The first-order chi connectivity index (χ1) is 9.18. The molecule has 2 rings (SSSR count). The summed E-state index contributed by atoms with van der Waals surface area (Å²) in [4.78, 5) is 16.2. The number of benzene rings is 1. The lowest BCUT2D eigenvalue weighted by atomic mass is 10.0. The highest BCUT2D eigenvalue weighted by atomic mass is 19.4. The third-order valence-electron chi connectivity index (χ3n) is 2.70. The van der Waals surface area contributed by atoms with Crippen LogP contribution < -0.4 is 5.56 Å². The molecular formula is C13H10F4N2O. The van der Waals surface area contributed by atoms with Crippen LogP contribution >= 0.6 is 0 Å². The maximum atomic E-state index is 13.9. The summed E-state index contributed by atoms with van der Waals surface area (Å²) in [5.74, 6) is -2.16. The van der Waals surface area contributed by atoms with Gasteiger partial charge in [-0.25, -0.2) is 9.37 Å². The molecule has 20 heavy (non-hydrogen) atoms. The molecule has 0 atom stereocenters.